The Bertz CT molecular complexity index is 737. The molecule has 0 bridgehead atoms. The van der Waals surface area contributed by atoms with E-state index >= 15 is 0 Å². The standard InChI is InChI=1S/C26H39NO2/c1-17-14-26(29)15-18(4-5-19-10-13-27-16-19)8-12-25(26,3)21-9-11-24(2)20(23(17)21)6-7-22(24)28/h4-5,18-21,23,27,29H,1,6-16H2,2-3H3/b5-4-/t18-,19+,20+,21+,23+,24+,25-,26-/m1/s1. The lowest BCUT2D eigenvalue weighted by molar-refractivity contribution is -0.189. The molecule has 0 unspecified atom stereocenters. The molecule has 5 rings (SSSR count). The molecule has 5 fully saturated rings. The Labute approximate surface area is 176 Å². The number of allylic oxidation sites excluding steroid dienone is 1. The first-order valence-corrected chi connectivity index (χ1v) is 12.1. The molecule has 29 heavy (non-hydrogen) atoms. The van der Waals surface area contributed by atoms with E-state index in [1.807, 2.05) is 0 Å². The van der Waals surface area contributed by atoms with E-state index in [9.17, 15) is 9.90 Å². The van der Waals surface area contributed by atoms with Gasteiger partial charge in [0.1, 0.15) is 5.78 Å². The van der Waals surface area contributed by atoms with E-state index in [0.29, 0.717) is 35.4 Å². The van der Waals surface area contributed by atoms with E-state index in [1.165, 1.54) is 18.4 Å². The third-order valence-electron chi connectivity index (χ3n) is 10.2. The Balaban J connectivity index is 1.39. The quantitative estimate of drug-likeness (QED) is 0.666. The minimum absolute atomic E-state index is 0.0366. The summed E-state index contributed by atoms with van der Waals surface area (Å²) < 4.78 is 0. The average Bonchev–Trinajstić information content (AvgIpc) is 3.30. The highest BCUT2D eigenvalue weighted by molar-refractivity contribution is 5.87. The van der Waals surface area contributed by atoms with Crippen molar-refractivity contribution in [2.75, 3.05) is 13.1 Å². The molecule has 0 aromatic carbocycles. The van der Waals surface area contributed by atoms with Crippen molar-refractivity contribution in [3.05, 3.63) is 24.3 Å². The van der Waals surface area contributed by atoms with Crippen LogP contribution in [0.15, 0.2) is 24.3 Å². The lowest BCUT2D eigenvalue weighted by atomic mass is 9.42. The molecule has 1 aliphatic heterocycles. The number of nitrogens with one attached hydrogen (secondary N) is 1. The van der Waals surface area contributed by atoms with Crippen molar-refractivity contribution >= 4 is 5.78 Å². The van der Waals surface area contributed by atoms with E-state index in [0.717, 1.165) is 58.0 Å². The Morgan fingerprint density at radius 2 is 1.86 bits per heavy atom. The Kier molecular flexibility index (Phi) is 4.68. The number of hydrogen-bond acceptors (Lipinski definition) is 3. The van der Waals surface area contributed by atoms with Crippen LogP contribution >= 0.6 is 0 Å². The van der Waals surface area contributed by atoms with Crippen LogP contribution in [-0.2, 0) is 4.79 Å². The maximum absolute atomic E-state index is 12.7. The van der Waals surface area contributed by atoms with Crippen LogP contribution in [0.5, 0.6) is 0 Å². The topological polar surface area (TPSA) is 49.3 Å². The van der Waals surface area contributed by atoms with Gasteiger partial charge in [0.2, 0.25) is 0 Å². The van der Waals surface area contributed by atoms with Crippen LogP contribution in [0.25, 0.3) is 0 Å². The highest BCUT2D eigenvalue weighted by atomic mass is 16.3. The van der Waals surface area contributed by atoms with Gasteiger partial charge in [-0.05, 0) is 87.5 Å². The highest BCUT2D eigenvalue weighted by Crippen LogP contribution is 2.68. The average molecular weight is 398 g/mol. The van der Waals surface area contributed by atoms with E-state index in [2.05, 4.69) is 37.9 Å². The van der Waals surface area contributed by atoms with Crippen LogP contribution in [0.2, 0.25) is 0 Å². The van der Waals surface area contributed by atoms with E-state index in [1.54, 1.807) is 0 Å². The van der Waals surface area contributed by atoms with Gasteiger partial charge in [-0.25, -0.2) is 0 Å². The van der Waals surface area contributed by atoms with Crippen molar-refractivity contribution in [1.82, 2.24) is 5.32 Å². The van der Waals surface area contributed by atoms with Gasteiger partial charge in [-0.1, -0.05) is 38.2 Å². The molecule has 4 aliphatic carbocycles. The summed E-state index contributed by atoms with van der Waals surface area (Å²) in [4.78, 5) is 12.7. The predicted molar refractivity (Wildman–Crippen MR) is 116 cm³/mol. The fourth-order valence-electron chi connectivity index (χ4n) is 8.30. The number of carbonyl (C=O) groups excluding carboxylic acids is 1. The second kappa shape index (κ2) is 6.79. The third-order valence-corrected chi connectivity index (χ3v) is 10.2. The Morgan fingerprint density at radius 1 is 1.07 bits per heavy atom. The number of ketones is 1. The lowest BCUT2D eigenvalue weighted by Gasteiger charge is -2.64. The van der Waals surface area contributed by atoms with Crippen LogP contribution in [0, 0.1) is 40.4 Å². The van der Waals surface area contributed by atoms with Crippen LogP contribution in [0.4, 0.5) is 0 Å². The van der Waals surface area contributed by atoms with Crippen LogP contribution in [0.1, 0.15) is 71.6 Å². The third kappa shape index (κ3) is 2.86. The van der Waals surface area contributed by atoms with E-state index < -0.39 is 5.60 Å². The first-order chi connectivity index (χ1) is 13.8. The van der Waals surface area contributed by atoms with Gasteiger partial charge < -0.3 is 10.4 Å². The van der Waals surface area contributed by atoms with Crippen molar-refractivity contribution in [2.24, 2.45) is 40.4 Å². The molecule has 0 spiro atoms. The molecule has 4 saturated carbocycles. The number of carbonyl (C=O) groups is 1. The summed E-state index contributed by atoms with van der Waals surface area (Å²) in [5.74, 6) is 3.01. The van der Waals surface area contributed by atoms with Gasteiger partial charge in [-0.15, -0.1) is 0 Å². The summed E-state index contributed by atoms with van der Waals surface area (Å²) >= 11 is 0. The zero-order valence-corrected chi connectivity index (χ0v) is 18.4. The van der Waals surface area contributed by atoms with Gasteiger partial charge in [0, 0.05) is 23.8 Å². The molecule has 1 heterocycles. The molecule has 0 radical (unpaired) electrons. The number of hydrogen-bond donors (Lipinski definition) is 2. The smallest absolute Gasteiger partial charge is 0.139 e. The van der Waals surface area contributed by atoms with E-state index in [4.69, 9.17) is 0 Å². The van der Waals surface area contributed by atoms with Crippen LogP contribution in [0.3, 0.4) is 0 Å². The van der Waals surface area contributed by atoms with Gasteiger partial charge in [0.05, 0.1) is 5.60 Å². The second-order valence-electron chi connectivity index (χ2n) is 11.6. The van der Waals surface area contributed by atoms with Gasteiger partial charge in [0.15, 0.2) is 0 Å². The predicted octanol–water partition coefficient (Wildman–Crippen LogP) is 4.66. The van der Waals surface area contributed by atoms with Crippen molar-refractivity contribution in [2.45, 2.75) is 77.2 Å². The van der Waals surface area contributed by atoms with Crippen LogP contribution < -0.4 is 5.32 Å². The van der Waals surface area contributed by atoms with Crippen molar-refractivity contribution in [3.8, 4) is 0 Å². The molecule has 0 aromatic rings. The first-order valence-electron chi connectivity index (χ1n) is 12.1. The molecule has 3 nitrogen and oxygen atoms in total. The Morgan fingerprint density at radius 3 is 2.62 bits per heavy atom. The highest BCUT2D eigenvalue weighted by Gasteiger charge is 2.65. The number of Topliss-reactive ketones (excluding diaryl/α,β-unsaturated/α-hetero) is 1. The SMILES string of the molecule is C=C1C[C@@]2(O)C[C@H](/C=C\[C@H]3CCNC3)CC[C@]2(C)[C@H]2CC[C@]3(C)C(=O)CC[C@H]3[C@H]12. The summed E-state index contributed by atoms with van der Waals surface area (Å²) in [5.41, 5.74) is 0.434. The zero-order valence-electron chi connectivity index (χ0n) is 18.4. The van der Waals surface area contributed by atoms with Crippen molar-refractivity contribution < 1.29 is 9.90 Å². The number of rotatable bonds is 2. The molecule has 160 valence electrons. The summed E-state index contributed by atoms with van der Waals surface area (Å²) in [7, 11) is 0. The van der Waals surface area contributed by atoms with Gasteiger partial charge in [0.25, 0.3) is 0 Å². The molecule has 0 amide bonds. The minimum Gasteiger partial charge on any atom is -0.389 e. The fraction of sp³-hybridized carbons (Fsp3) is 0.808. The fourth-order valence-corrected chi connectivity index (χ4v) is 8.30. The number of aliphatic hydroxyl groups is 1. The summed E-state index contributed by atoms with van der Waals surface area (Å²) in [6.07, 6.45) is 13.8. The second-order valence-corrected chi connectivity index (χ2v) is 11.6. The molecule has 0 aromatic heterocycles. The van der Waals surface area contributed by atoms with Gasteiger partial charge in [-0.3, -0.25) is 4.79 Å². The van der Waals surface area contributed by atoms with Crippen molar-refractivity contribution in [1.29, 1.82) is 0 Å². The lowest BCUT2D eigenvalue weighted by Crippen LogP contribution is -2.62. The summed E-state index contributed by atoms with van der Waals surface area (Å²) in [6.45, 7) is 11.3. The normalized spacial score (nSPS) is 52.4. The molecule has 3 heteroatoms. The van der Waals surface area contributed by atoms with Crippen molar-refractivity contribution in [3.63, 3.8) is 0 Å². The maximum atomic E-state index is 12.7. The molecule has 5 aliphatic rings. The van der Waals surface area contributed by atoms with E-state index in [-0.39, 0.29) is 10.8 Å². The maximum Gasteiger partial charge on any atom is 0.139 e. The summed E-state index contributed by atoms with van der Waals surface area (Å²) in [5, 5.41) is 15.4. The van der Waals surface area contributed by atoms with Gasteiger partial charge >= 0.3 is 0 Å². The molecule has 8 atom stereocenters. The molecular weight excluding hydrogens is 358 g/mol. The van der Waals surface area contributed by atoms with Gasteiger partial charge in [-0.2, -0.15) is 0 Å². The molecular formula is C26H39NO2. The minimum atomic E-state index is -0.636. The monoisotopic (exact) mass is 397 g/mol. The van der Waals surface area contributed by atoms with Crippen LogP contribution in [-0.4, -0.2) is 29.6 Å². The number of fused-ring (bicyclic) bond motifs is 5. The molecule has 1 saturated heterocycles. The Hall–Kier alpha value is -0.930. The molecule has 2 N–H and O–H groups in total. The largest absolute Gasteiger partial charge is 0.389 e. The zero-order chi connectivity index (χ0) is 20.4. The summed E-state index contributed by atoms with van der Waals surface area (Å²) in [6, 6.07) is 0. The first kappa shape index (κ1) is 20.0.